The number of alkyl carbamates (subject to hydrolysis) is 1. The van der Waals surface area contributed by atoms with Gasteiger partial charge in [-0.15, -0.1) is 0 Å². The predicted octanol–water partition coefficient (Wildman–Crippen LogP) is 2.86. The molecule has 0 aliphatic heterocycles. The Bertz CT molecular complexity index is 575. The highest BCUT2D eigenvalue weighted by Crippen LogP contribution is 2.18. The molecule has 0 radical (unpaired) electrons. The van der Waals surface area contributed by atoms with Crippen molar-refractivity contribution in [2.45, 2.75) is 33.4 Å². The zero-order valence-electron chi connectivity index (χ0n) is 11.5. The summed E-state index contributed by atoms with van der Waals surface area (Å²) in [6.45, 7) is 6.85. The lowest BCUT2D eigenvalue weighted by Gasteiger charge is -2.08. The minimum Gasteiger partial charge on any atom is -0.450 e. The van der Waals surface area contributed by atoms with Crippen molar-refractivity contribution in [3.63, 3.8) is 0 Å². The summed E-state index contributed by atoms with van der Waals surface area (Å²) in [5.74, 6) is 0. The number of nitrogens with zero attached hydrogens (tertiary/aromatic N) is 2. The molecule has 1 heterocycles. The van der Waals surface area contributed by atoms with Crippen molar-refractivity contribution >= 4 is 17.1 Å². The summed E-state index contributed by atoms with van der Waals surface area (Å²) in [4.78, 5) is 15.6. The summed E-state index contributed by atoms with van der Waals surface area (Å²) >= 11 is 0. The smallest absolute Gasteiger partial charge is 0.407 e. The predicted molar refractivity (Wildman–Crippen MR) is 74.0 cm³/mol. The molecule has 19 heavy (non-hydrogen) atoms. The molecular weight excluding hydrogens is 242 g/mol. The highest BCUT2D eigenvalue weighted by atomic mass is 16.5. The van der Waals surface area contributed by atoms with Gasteiger partial charge < -0.3 is 14.6 Å². The van der Waals surface area contributed by atoms with Crippen LogP contribution in [0.3, 0.4) is 0 Å². The van der Waals surface area contributed by atoms with E-state index in [2.05, 4.69) is 28.7 Å². The van der Waals surface area contributed by atoms with Gasteiger partial charge in [0.25, 0.3) is 0 Å². The van der Waals surface area contributed by atoms with Crippen molar-refractivity contribution in [1.29, 1.82) is 0 Å². The van der Waals surface area contributed by atoms with E-state index >= 15 is 0 Å². The maximum Gasteiger partial charge on any atom is 0.407 e. The molecule has 0 spiro atoms. The van der Waals surface area contributed by atoms with E-state index in [1.165, 1.54) is 0 Å². The third-order valence-electron chi connectivity index (χ3n) is 2.91. The molecule has 102 valence electrons. The average Bonchev–Trinajstić information content (AvgIpc) is 2.79. The number of hydrogen-bond acceptors (Lipinski definition) is 3. The minimum absolute atomic E-state index is 0.379. The van der Waals surface area contributed by atoms with Gasteiger partial charge in [0.1, 0.15) is 0 Å². The Morgan fingerprint density at radius 1 is 1.47 bits per heavy atom. The molecule has 0 fully saturated rings. The van der Waals surface area contributed by atoms with Gasteiger partial charge in [-0.3, -0.25) is 0 Å². The number of carbonyl (C=O) groups is 1. The number of fused-ring (bicyclic) bond motifs is 1. The molecule has 0 aliphatic carbocycles. The van der Waals surface area contributed by atoms with Crippen molar-refractivity contribution < 1.29 is 9.53 Å². The second-order valence-corrected chi connectivity index (χ2v) is 4.64. The van der Waals surface area contributed by atoms with E-state index in [1.807, 2.05) is 24.5 Å². The first-order valence-corrected chi connectivity index (χ1v) is 6.48. The van der Waals surface area contributed by atoms with Gasteiger partial charge in [0, 0.05) is 12.6 Å². The number of aromatic nitrogens is 2. The van der Waals surface area contributed by atoms with Crippen LogP contribution < -0.4 is 5.32 Å². The van der Waals surface area contributed by atoms with Crippen molar-refractivity contribution in [1.82, 2.24) is 14.9 Å². The molecule has 1 aromatic heterocycles. The molecule has 5 heteroatoms. The summed E-state index contributed by atoms with van der Waals surface area (Å²) in [5.41, 5.74) is 3.06. The van der Waals surface area contributed by atoms with E-state index in [9.17, 15) is 4.79 Å². The molecule has 1 aromatic carbocycles. The second-order valence-electron chi connectivity index (χ2n) is 4.64. The second kappa shape index (κ2) is 5.73. The number of amides is 1. The molecule has 1 N–H and O–H groups in total. The Balaban J connectivity index is 2.12. The van der Waals surface area contributed by atoms with Crippen LogP contribution in [0.25, 0.3) is 11.0 Å². The number of imidazole rings is 1. The SMILES string of the molecule is CCOC(=O)NCc1ccc2c(c1)ncn2C(C)C. The highest BCUT2D eigenvalue weighted by molar-refractivity contribution is 5.76. The van der Waals surface area contributed by atoms with Gasteiger partial charge in [0.2, 0.25) is 0 Å². The van der Waals surface area contributed by atoms with Crippen LogP contribution in [-0.2, 0) is 11.3 Å². The summed E-state index contributed by atoms with van der Waals surface area (Å²) in [6, 6.07) is 6.40. The van der Waals surface area contributed by atoms with Crippen LogP contribution in [0, 0.1) is 0 Å². The lowest BCUT2D eigenvalue weighted by atomic mass is 10.2. The van der Waals surface area contributed by atoms with Gasteiger partial charge in [0.05, 0.1) is 24.0 Å². The van der Waals surface area contributed by atoms with Gasteiger partial charge in [-0.05, 0) is 38.5 Å². The Labute approximate surface area is 112 Å². The Morgan fingerprint density at radius 3 is 2.95 bits per heavy atom. The van der Waals surface area contributed by atoms with Crippen molar-refractivity contribution in [2.24, 2.45) is 0 Å². The van der Waals surface area contributed by atoms with E-state index in [0.29, 0.717) is 19.2 Å². The average molecular weight is 261 g/mol. The highest BCUT2D eigenvalue weighted by Gasteiger charge is 2.07. The number of benzene rings is 1. The quantitative estimate of drug-likeness (QED) is 0.920. The normalized spacial score (nSPS) is 10.9. The Morgan fingerprint density at radius 2 is 2.26 bits per heavy atom. The largest absolute Gasteiger partial charge is 0.450 e. The van der Waals surface area contributed by atoms with E-state index in [0.717, 1.165) is 16.6 Å². The lowest BCUT2D eigenvalue weighted by Crippen LogP contribution is -2.23. The summed E-state index contributed by atoms with van der Waals surface area (Å²) in [7, 11) is 0. The van der Waals surface area contributed by atoms with Gasteiger partial charge in [-0.2, -0.15) is 0 Å². The molecular formula is C14H19N3O2. The Kier molecular flexibility index (Phi) is 4.04. The molecule has 0 saturated carbocycles. The van der Waals surface area contributed by atoms with Crippen molar-refractivity contribution in [3.8, 4) is 0 Å². The van der Waals surface area contributed by atoms with Crippen LogP contribution in [-0.4, -0.2) is 22.3 Å². The van der Waals surface area contributed by atoms with E-state index < -0.39 is 6.09 Å². The topological polar surface area (TPSA) is 56.1 Å². The van der Waals surface area contributed by atoms with Crippen LogP contribution in [0.2, 0.25) is 0 Å². The van der Waals surface area contributed by atoms with E-state index in [-0.39, 0.29) is 0 Å². The number of rotatable bonds is 4. The number of nitrogens with one attached hydrogen (secondary N) is 1. The monoisotopic (exact) mass is 261 g/mol. The first-order valence-electron chi connectivity index (χ1n) is 6.48. The first kappa shape index (κ1) is 13.4. The standard InChI is InChI=1S/C14H19N3O2/c1-4-19-14(18)15-8-11-5-6-13-12(7-11)16-9-17(13)10(2)3/h5-7,9-10H,4,8H2,1-3H3,(H,15,18). The van der Waals surface area contributed by atoms with E-state index in [4.69, 9.17) is 4.74 Å². The fraction of sp³-hybridized carbons (Fsp3) is 0.429. The van der Waals surface area contributed by atoms with E-state index in [1.54, 1.807) is 6.92 Å². The van der Waals surface area contributed by atoms with Gasteiger partial charge in [0.15, 0.2) is 0 Å². The van der Waals surface area contributed by atoms with Crippen LogP contribution in [0.5, 0.6) is 0 Å². The number of ether oxygens (including phenoxy) is 1. The van der Waals surface area contributed by atoms with Gasteiger partial charge >= 0.3 is 6.09 Å². The minimum atomic E-state index is -0.393. The van der Waals surface area contributed by atoms with Crippen molar-refractivity contribution in [3.05, 3.63) is 30.1 Å². The number of hydrogen-bond donors (Lipinski definition) is 1. The maximum atomic E-state index is 11.2. The fourth-order valence-electron chi connectivity index (χ4n) is 1.96. The molecule has 0 aliphatic rings. The molecule has 2 aromatic rings. The third-order valence-corrected chi connectivity index (χ3v) is 2.91. The Hall–Kier alpha value is -2.04. The van der Waals surface area contributed by atoms with Crippen LogP contribution in [0.15, 0.2) is 24.5 Å². The summed E-state index contributed by atoms with van der Waals surface area (Å²) in [5, 5.41) is 2.70. The lowest BCUT2D eigenvalue weighted by molar-refractivity contribution is 0.151. The summed E-state index contributed by atoms with van der Waals surface area (Å²) in [6.07, 6.45) is 1.45. The molecule has 1 amide bonds. The maximum absolute atomic E-state index is 11.2. The molecule has 0 atom stereocenters. The summed E-state index contributed by atoms with van der Waals surface area (Å²) < 4.78 is 6.94. The van der Waals surface area contributed by atoms with Crippen LogP contribution in [0.4, 0.5) is 4.79 Å². The third kappa shape index (κ3) is 3.05. The fourth-order valence-corrected chi connectivity index (χ4v) is 1.96. The molecule has 2 rings (SSSR count). The van der Waals surface area contributed by atoms with Crippen molar-refractivity contribution in [2.75, 3.05) is 6.61 Å². The number of carbonyl (C=O) groups excluding carboxylic acids is 1. The zero-order chi connectivity index (χ0) is 13.8. The zero-order valence-corrected chi connectivity index (χ0v) is 11.5. The molecule has 0 bridgehead atoms. The van der Waals surface area contributed by atoms with Crippen LogP contribution in [0.1, 0.15) is 32.4 Å². The molecule has 0 saturated heterocycles. The molecule has 5 nitrogen and oxygen atoms in total. The first-order chi connectivity index (χ1) is 9.11. The van der Waals surface area contributed by atoms with Crippen LogP contribution >= 0.6 is 0 Å². The molecule has 0 unspecified atom stereocenters. The van der Waals surface area contributed by atoms with Gasteiger partial charge in [-0.1, -0.05) is 6.07 Å². The van der Waals surface area contributed by atoms with Gasteiger partial charge in [-0.25, -0.2) is 9.78 Å².